The van der Waals surface area contributed by atoms with Crippen molar-refractivity contribution in [3.05, 3.63) is 175 Å². The Labute approximate surface area is 219 Å². The van der Waals surface area contributed by atoms with E-state index in [2.05, 4.69) is 164 Å². The normalized spacial score (nSPS) is 10.8. The minimum absolute atomic E-state index is 1.06. The third kappa shape index (κ3) is 5.29. The van der Waals surface area contributed by atoms with Gasteiger partial charge in [0.15, 0.2) is 0 Å². The fourth-order valence-corrected chi connectivity index (χ4v) is 4.76. The molecule has 0 saturated carbocycles. The van der Waals surface area contributed by atoms with Crippen LogP contribution in [0.1, 0.15) is 11.1 Å². The Morgan fingerprint density at radius 2 is 0.486 bits per heavy atom. The van der Waals surface area contributed by atoms with E-state index in [0.717, 1.165) is 11.1 Å². The largest absolute Gasteiger partial charge is 0.0622 e. The van der Waals surface area contributed by atoms with Crippen molar-refractivity contribution in [3.63, 3.8) is 0 Å². The second-order valence-electron chi connectivity index (χ2n) is 9.19. The molecule has 0 bridgehead atoms. The van der Waals surface area contributed by atoms with Crippen molar-refractivity contribution < 1.29 is 0 Å². The fraction of sp³-hybridized carbons (Fsp3) is 0. The second-order valence-corrected chi connectivity index (χ2v) is 9.19. The lowest BCUT2D eigenvalue weighted by Crippen LogP contribution is -1.92. The van der Waals surface area contributed by atoms with Gasteiger partial charge in [0.1, 0.15) is 0 Å². The molecule has 0 aromatic heterocycles. The summed E-state index contributed by atoms with van der Waals surface area (Å²) in [6.45, 7) is 0. The van der Waals surface area contributed by atoms with Crippen LogP contribution in [0, 0.1) is 6.42 Å². The van der Waals surface area contributed by atoms with Crippen molar-refractivity contribution in [1.82, 2.24) is 0 Å². The highest BCUT2D eigenvalue weighted by Gasteiger charge is 2.10. The van der Waals surface area contributed by atoms with Gasteiger partial charge in [-0.25, -0.2) is 0 Å². The molecule has 0 spiro atoms. The number of hydrogen-bond donors (Lipinski definition) is 0. The molecule has 0 aliphatic carbocycles. The summed E-state index contributed by atoms with van der Waals surface area (Å²) in [5.41, 5.74) is 11.7. The van der Waals surface area contributed by atoms with Crippen molar-refractivity contribution in [1.29, 1.82) is 0 Å². The summed E-state index contributed by atoms with van der Waals surface area (Å²) in [7, 11) is 0. The zero-order valence-corrected chi connectivity index (χ0v) is 20.5. The predicted molar refractivity (Wildman–Crippen MR) is 156 cm³/mol. The van der Waals surface area contributed by atoms with Crippen LogP contribution >= 0.6 is 0 Å². The van der Waals surface area contributed by atoms with Gasteiger partial charge in [0, 0.05) is 0 Å². The molecule has 0 fully saturated rings. The molecule has 0 unspecified atom stereocenters. The number of benzene rings is 6. The van der Waals surface area contributed by atoms with Gasteiger partial charge in [-0.2, -0.15) is 0 Å². The van der Waals surface area contributed by atoms with E-state index >= 15 is 0 Å². The molecular formula is C37H26. The van der Waals surface area contributed by atoms with Crippen LogP contribution in [0.5, 0.6) is 0 Å². The summed E-state index contributed by atoms with van der Waals surface area (Å²) >= 11 is 0. The van der Waals surface area contributed by atoms with E-state index in [1.807, 2.05) is 0 Å². The van der Waals surface area contributed by atoms with Gasteiger partial charge in [0.2, 0.25) is 0 Å². The zero-order valence-electron chi connectivity index (χ0n) is 20.5. The molecule has 0 nitrogen and oxygen atoms in total. The lowest BCUT2D eigenvalue weighted by Gasteiger charge is -2.13. The molecule has 37 heavy (non-hydrogen) atoms. The van der Waals surface area contributed by atoms with Gasteiger partial charge in [-0.3, -0.25) is 0 Å². The molecule has 0 N–H and O–H groups in total. The van der Waals surface area contributed by atoms with Crippen molar-refractivity contribution in [3.8, 4) is 44.5 Å². The molecular weight excluding hydrogens is 444 g/mol. The first kappa shape index (κ1) is 22.8. The first-order valence-electron chi connectivity index (χ1n) is 12.6. The Balaban J connectivity index is 1.46. The van der Waals surface area contributed by atoms with Crippen LogP contribution in [0.25, 0.3) is 44.5 Å². The summed E-state index contributed by atoms with van der Waals surface area (Å²) in [4.78, 5) is 0. The van der Waals surface area contributed by atoms with Gasteiger partial charge >= 0.3 is 0 Å². The fourth-order valence-electron chi connectivity index (χ4n) is 4.76. The Hall–Kier alpha value is -4.68. The number of rotatable bonds is 6. The monoisotopic (exact) mass is 470 g/mol. The van der Waals surface area contributed by atoms with Crippen LogP contribution in [-0.4, -0.2) is 0 Å². The smallest absolute Gasteiger partial charge is 0.0502 e. The number of hydrogen-bond acceptors (Lipinski definition) is 0. The highest BCUT2D eigenvalue weighted by molar-refractivity contribution is 5.77. The summed E-state index contributed by atoms with van der Waals surface area (Å²) in [6, 6.07) is 55.8. The predicted octanol–water partition coefficient (Wildman–Crippen LogP) is 9.83. The molecule has 0 saturated heterocycles. The average Bonchev–Trinajstić information content (AvgIpc) is 2.99. The average molecular weight is 471 g/mol. The van der Waals surface area contributed by atoms with Crippen LogP contribution < -0.4 is 0 Å². The van der Waals surface area contributed by atoms with Crippen LogP contribution in [0.3, 0.4) is 0 Å². The molecule has 0 heterocycles. The van der Waals surface area contributed by atoms with E-state index in [4.69, 9.17) is 0 Å². The van der Waals surface area contributed by atoms with E-state index < -0.39 is 0 Å². The van der Waals surface area contributed by atoms with Gasteiger partial charge in [0.25, 0.3) is 0 Å². The highest BCUT2D eigenvalue weighted by Crippen LogP contribution is 2.33. The first-order valence-corrected chi connectivity index (χ1v) is 12.6. The maximum atomic E-state index is 3.74. The van der Waals surface area contributed by atoms with E-state index in [-0.39, 0.29) is 0 Å². The molecule has 0 amide bonds. The second kappa shape index (κ2) is 10.5. The Bertz CT molecular complexity index is 1360. The van der Waals surface area contributed by atoms with Gasteiger partial charge < -0.3 is 0 Å². The van der Waals surface area contributed by atoms with E-state index in [9.17, 15) is 0 Å². The molecule has 0 aliphatic rings. The van der Waals surface area contributed by atoms with Crippen LogP contribution in [0.4, 0.5) is 0 Å². The standard InChI is InChI=1S/C37H26/c1-5-13-30(14-6-1)34-22-28(23-35(26-34)31-15-7-2-8-16-31)21-29-24-36(32-17-9-3-10-18-32)27-37(25-29)33-19-11-4-12-20-33/h1-20,22-27H. The zero-order chi connectivity index (χ0) is 24.9. The molecule has 174 valence electrons. The van der Waals surface area contributed by atoms with Gasteiger partial charge in [-0.1, -0.05) is 146 Å². The first-order chi connectivity index (χ1) is 18.3. The minimum Gasteiger partial charge on any atom is -0.0622 e. The van der Waals surface area contributed by atoms with Crippen LogP contribution in [0.2, 0.25) is 0 Å². The quantitative estimate of drug-likeness (QED) is 0.227. The van der Waals surface area contributed by atoms with Crippen LogP contribution in [0.15, 0.2) is 158 Å². The lowest BCUT2D eigenvalue weighted by atomic mass is 9.91. The highest BCUT2D eigenvalue weighted by atomic mass is 14.1. The van der Waals surface area contributed by atoms with Crippen molar-refractivity contribution in [2.75, 3.05) is 0 Å². The summed E-state index contributed by atoms with van der Waals surface area (Å²) < 4.78 is 0. The molecule has 0 heteroatoms. The maximum absolute atomic E-state index is 3.74. The maximum Gasteiger partial charge on any atom is 0.0502 e. The molecule has 0 atom stereocenters. The Morgan fingerprint density at radius 3 is 0.730 bits per heavy atom. The van der Waals surface area contributed by atoms with Crippen LogP contribution in [-0.2, 0) is 0 Å². The van der Waals surface area contributed by atoms with Crippen molar-refractivity contribution in [2.24, 2.45) is 0 Å². The molecule has 6 aromatic carbocycles. The van der Waals surface area contributed by atoms with E-state index in [1.54, 1.807) is 0 Å². The summed E-state index contributed by atoms with van der Waals surface area (Å²) in [5.74, 6) is 0. The Morgan fingerprint density at radius 1 is 0.243 bits per heavy atom. The van der Waals surface area contributed by atoms with Crippen molar-refractivity contribution >= 4 is 0 Å². The Kier molecular flexibility index (Phi) is 6.47. The molecule has 6 rings (SSSR count). The third-order valence-electron chi connectivity index (χ3n) is 6.58. The van der Waals surface area contributed by atoms with Gasteiger partial charge in [0.05, 0.1) is 6.42 Å². The third-order valence-corrected chi connectivity index (χ3v) is 6.58. The van der Waals surface area contributed by atoms with Crippen molar-refractivity contribution in [2.45, 2.75) is 0 Å². The van der Waals surface area contributed by atoms with Gasteiger partial charge in [-0.15, -0.1) is 0 Å². The topological polar surface area (TPSA) is 0 Å². The molecule has 6 aromatic rings. The van der Waals surface area contributed by atoms with E-state index in [1.165, 1.54) is 44.5 Å². The van der Waals surface area contributed by atoms with E-state index in [0.29, 0.717) is 0 Å². The molecule has 0 aliphatic heterocycles. The minimum atomic E-state index is 1.06. The summed E-state index contributed by atoms with van der Waals surface area (Å²) in [6.07, 6.45) is 3.74. The lowest BCUT2D eigenvalue weighted by molar-refractivity contribution is 1.42. The SMILES string of the molecule is [C](c1cc(-c2ccccc2)cc(-c2ccccc2)c1)c1cc(-c2ccccc2)cc(-c2ccccc2)c1. The van der Waals surface area contributed by atoms with Gasteiger partial charge in [-0.05, 0) is 67.8 Å². The molecule has 2 radical (unpaired) electrons. The summed E-state index contributed by atoms with van der Waals surface area (Å²) in [5, 5.41) is 0.